The maximum absolute atomic E-state index is 11.0. The Morgan fingerprint density at radius 1 is 1.42 bits per heavy atom. The second-order valence-electron chi connectivity index (χ2n) is 6.28. The third kappa shape index (κ3) is 4.78. The Balaban J connectivity index is 2.27. The minimum Gasteiger partial charge on any atom is -0.465 e. The number of ether oxygens (including phenoxy) is 1. The second kappa shape index (κ2) is 7.31. The molecular weight excluding hydrogens is 378 g/mol. The Morgan fingerprint density at radius 3 is 2.75 bits per heavy atom. The highest BCUT2D eigenvalue weighted by Gasteiger charge is 2.24. The van der Waals surface area contributed by atoms with Gasteiger partial charge in [0.15, 0.2) is 0 Å². The van der Waals surface area contributed by atoms with E-state index in [1.54, 1.807) is 0 Å². The number of aromatic nitrogens is 2. The molecule has 0 aliphatic heterocycles. The highest BCUT2D eigenvalue weighted by molar-refractivity contribution is 9.10. The molecule has 0 saturated carbocycles. The van der Waals surface area contributed by atoms with E-state index < -0.39 is 17.7 Å². The van der Waals surface area contributed by atoms with Gasteiger partial charge in [0.2, 0.25) is 11.8 Å². The van der Waals surface area contributed by atoms with Crippen molar-refractivity contribution in [2.45, 2.75) is 39.3 Å². The molecule has 1 amide bonds. The molecule has 0 bridgehead atoms. The molecule has 1 unspecified atom stereocenters. The van der Waals surface area contributed by atoms with Crippen LogP contribution < -0.4 is 5.32 Å². The molecule has 1 aromatic carbocycles. The van der Waals surface area contributed by atoms with Gasteiger partial charge in [0.05, 0.1) is 12.2 Å². The smallest absolute Gasteiger partial charge is 0.405 e. The van der Waals surface area contributed by atoms with Crippen LogP contribution in [0.25, 0.3) is 11.5 Å². The van der Waals surface area contributed by atoms with Gasteiger partial charge >= 0.3 is 6.09 Å². The number of carbonyl (C=O) groups is 1. The van der Waals surface area contributed by atoms with Crippen molar-refractivity contribution in [3.05, 3.63) is 34.1 Å². The van der Waals surface area contributed by atoms with Gasteiger partial charge in [0.25, 0.3) is 0 Å². The quantitative estimate of drug-likeness (QED) is 0.792. The third-order valence-electron chi connectivity index (χ3n) is 3.22. The van der Waals surface area contributed by atoms with Gasteiger partial charge < -0.3 is 19.6 Å². The average Bonchev–Trinajstić information content (AvgIpc) is 2.94. The van der Waals surface area contributed by atoms with E-state index in [1.807, 2.05) is 45.9 Å². The van der Waals surface area contributed by atoms with Crippen molar-refractivity contribution in [2.24, 2.45) is 0 Å². The number of nitrogens with zero attached hydrogens (tertiary/aromatic N) is 2. The van der Waals surface area contributed by atoms with E-state index in [9.17, 15) is 4.79 Å². The Hall–Kier alpha value is -1.93. The molecule has 1 atom stereocenters. The number of carboxylic acid groups (broad SMARTS) is 1. The molecule has 0 spiro atoms. The van der Waals surface area contributed by atoms with Crippen LogP contribution >= 0.6 is 15.9 Å². The molecule has 130 valence electrons. The van der Waals surface area contributed by atoms with E-state index in [-0.39, 0.29) is 12.5 Å². The molecule has 1 aromatic heterocycles. The highest BCUT2D eigenvalue weighted by Crippen LogP contribution is 2.29. The van der Waals surface area contributed by atoms with Crippen molar-refractivity contribution in [1.82, 2.24) is 15.5 Å². The topological polar surface area (TPSA) is 97.5 Å². The van der Waals surface area contributed by atoms with Crippen molar-refractivity contribution in [2.75, 3.05) is 6.61 Å². The predicted molar refractivity (Wildman–Crippen MR) is 91.8 cm³/mol. The van der Waals surface area contributed by atoms with Crippen molar-refractivity contribution in [3.63, 3.8) is 0 Å². The molecule has 1 heterocycles. The summed E-state index contributed by atoms with van der Waals surface area (Å²) in [6.07, 6.45) is -1.18. The van der Waals surface area contributed by atoms with E-state index in [0.717, 1.165) is 15.6 Å². The fraction of sp³-hybridized carbons (Fsp3) is 0.438. The second-order valence-corrected chi connectivity index (χ2v) is 7.14. The number of hydrogen-bond acceptors (Lipinski definition) is 5. The van der Waals surface area contributed by atoms with Crippen molar-refractivity contribution < 1.29 is 19.1 Å². The van der Waals surface area contributed by atoms with E-state index in [0.29, 0.717) is 5.89 Å². The summed E-state index contributed by atoms with van der Waals surface area (Å²) in [7, 11) is 0. The molecule has 7 nitrogen and oxygen atoms in total. The Kier molecular flexibility index (Phi) is 5.61. The number of rotatable bonds is 5. The summed E-state index contributed by atoms with van der Waals surface area (Å²) >= 11 is 3.46. The zero-order valence-electron chi connectivity index (χ0n) is 14.0. The molecule has 0 radical (unpaired) electrons. The third-order valence-corrected chi connectivity index (χ3v) is 4.08. The number of amides is 1. The summed E-state index contributed by atoms with van der Waals surface area (Å²) in [5.74, 6) is 0.493. The highest BCUT2D eigenvalue weighted by atomic mass is 79.9. The number of nitrogens with one attached hydrogen (secondary N) is 1. The molecular formula is C16H20BrN3O4. The van der Waals surface area contributed by atoms with Gasteiger partial charge in [-0.05, 0) is 45.4 Å². The lowest BCUT2D eigenvalue weighted by Gasteiger charge is -2.22. The molecule has 2 N–H and O–H groups in total. The lowest BCUT2D eigenvalue weighted by molar-refractivity contribution is -0.0173. The molecule has 0 aliphatic carbocycles. The van der Waals surface area contributed by atoms with Crippen LogP contribution in [0.5, 0.6) is 0 Å². The summed E-state index contributed by atoms with van der Waals surface area (Å²) in [5, 5.41) is 19.4. The van der Waals surface area contributed by atoms with Gasteiger partial charge in [0, 0.05) is 10.0 Å². The zero-order valence-corrected chi connectivity index (χ0v) is 15.5. The van der Waals surface area contributed by atoms with Gasteiger partial charge in [-0.1, -0.05) is 22.0 Å². The minimum absolute atomic E-state index is 0.0922. The summed E-state index contributed by atoms with van der Waals surface area (Å²) < 4.78 is 12.3. The molecule has 8 heteroatoms. The van der Waals surface area contributed by atoms with Crippen molar-refractivity contribution >= 4 is 22.0 Å². The SMILES string of the molecule is Cc1c(Br)cccc1-c1nnc(C(COC(C)(C)C)NC(=O)O)o1. The largest absolute Gasteiger partial charge is 0.465 e. The first-order valence-corrected chi connectivity index (χ1v) is 8.19. The minimum atomic E-state index is -1.18. The van der Waals surface area contributed by atoms with Crippen LogP contribution in [-0.2, 0) is 4.74 Å². The number of halogens is 1. The summed E-state index contributed by atoms with van der Waals surface area (Å²) in [6, 6.07) is 4.91. The Bertz CT molecular complexity index is 724. The molecule has 0 saturated heterocycles. The standard InChI is InChI=1S/C16H20BrN3O4/c1-9-10(6-5-7-11(9)17)13-19-20-14(24-13)12(18-15(21)22)8-23-16(2,3)4/h5-7,12,18H,8H2,1-4H3,(H,21,22). The van der Waals surface area contributed by atoms with E-state index >= 15 is 0 Å². The van der Waals surface area contributed by atoms with Crippen LogP contribution in [0.4, 0.5) is 4.79 Å². The Labute approximate surface area is 148 Å². The predicted octanol–water partition coefficient (Wildman–Crippen LogP) is 3.93. The molecule has 24 heavy (non-hydrogen) atoms. The fourth-order valence-electron chi connectivity index (χ4n) is 1.98. The number of hydrogen-bond donors (Lipinski definition) is 2. The van der Waals surface area contributed by atoms with Gasteiger partial charge in [-0.25, -0.2) is 4.79 Å². The Morgan fingerprint density at radius 2 is 2.12 bits per heavy atom. The van der Waals surface area contributed by atoms with Gasteiger partial charge in [0.1, 0.15) is 6.04 Å². The first-order valence-electron chi connectivity index (χ1n) is 7.39. The summed E-state index contributed by atoms with van der Waals surface area (Å²) in [6.45, 7) is 7.67. The van der Waals surface area contributed by atoms with Crippen LogP contribution in [0.2, 0.25) is 0 Å². The van der Waals surface area contributed by atoms with Gasteiger partial charge in [-0.2, -0.15) is 0 Å². The maximum Gasteiger partial charge on any atom is 0.405 e. The lowest BCUT2D eigenvalue weighted by atomic mass is 10.1. The summed E-state index contributed by atoms with van der Waals surface area (Å²) in [5.41, 5.74) is 1.33. The van der Waals surface area contributed by atoms with Crippen LogP contribution in [0.3, 0.4) is 0 Å². The number of benzene rings is 1. The molecule has 2 aromatic rings. The van der Waals surface area contributed by atoms with Crippen LogP contribution in [0, 0.1) is 6.92 Å². The van der Waals surface area contributed by atoms with E-state index in [1.165, 1.54) is 0 Å². The maximum atomic E-state index is 11.0. The van der Waals surface area contributed by atoms with Crippen molar-refractivity contribution in [1.29, 1.82) is 0 Å². The van der Waals surface area contributed by atoms with Gasteiger partial charge in [-0.3, -0.25) is 0 Å². The van der Waals surface area contributed by atoms with Gasteiger partial charge in [-0.15, -0.1) is 10.2 Å². The fourth-order valence-corrected chi connectivity index (χ4v) is 2.35. The zero-order chi connectivity index (χ0) is 17.9. The molecule has 0 aliphatic rings. The average molecular weight is 398 g/mol. The summed E-state index contributed by atoms with van der Waals surface area (Å²) in [4.78, 5) is 11.0. The van der Waals surface area contributed by atoms with Crippen LogP contribution in [-0.4, -0.2) is 33.6 Å². The van der Waals surface area contributed by atoms with E-state index in [4.69, 9.17) is 14.3 Å². The molecule has 2 rings (SSSR count). The molecule has 0 fully saturated rings. The monoisotopic (exact) mass is 397 g/mol. The van der Waals surface area contributed by atoms with Crippen molar-refractivity contribution in [3.8, 4) is 11.5 Å². The lowest BCUT2D eigenvalue weighted by Crippen LogP contribution is -2.33. The normalized spacial score (nSPS) is 12.9. The first kappa shape index (κ1) is 18.4. The van der Waals surface area contributed by atoms with Crippen LogP contribution in [0.15, 0.2) is 27.1 Å². The first-order chi connectivity index (χ1) is 11.2. The van der Waals surface area contributed by atoms with Crippen LogP contribution in [0.1, 0.15) is 38.3 Å². The van der Waals surface area contributed by atoms with E-state index in [2.05, 4.69) is 31.4 Å².